The predicted octanol–water partition coefficient (Wildman–Crippen LogP) is 2.39. The number of nitrogens with two attached hydrogens (primary N) is 1. The minimum absolute atomic E-state index is 0.300. The van der Waals surface area contributed by atoms with Crippen LogP contribution in [0.2, 0.25) is 5.02 Å². The Morgan fingerprint density at radius 2 is 2.33 bits per heavy atom. The molecule has 2 aromatic rings. The van der Waals surface area contributed by atoms with E-state index < -0.39 is 0 Å². The quantitative estimate of drug-likeness (QED) is 0.865. The van der Waals surface area contributed by atoms with E-state index in [9.17, 15) is 0 Å². The van der Waals surface area contributed by atoms with Gasteiger partial charge in [-0.1, -0.05) is 23.7 Å². The van der Waals surface area contributed by atoms with Gasteiger partial charge in [0.15, 0.2) is 0 Å². The lowest BCUT2D eigenvalue weighted by Crippen LogP contribution is -1.98. The van der Waals surface area contributed by atoms with Gasteiger partial charge in [-0.3, -0.25) is 0 Å². The van der Waals surface area contributed by atoms with E-state index in [4.69, 9.17) is 17.3 Å². The molecule has 1 aromatic heterocycles. The third-order valence-electron chi connectivity index (χ3n) is 1.77. The first-order valence-electron chi connectivity index (χ1n) is 4.31. The molecule has 0 amide bonds. The van der Waals surface area contributed by atoms with Gasteiger partial charge in [0.1, 0.15) is 0 Å². The highest BCUT2D eigenvalue weighted by Crippen LogP contribution is 2.15. The first-order chi connectivity index (χ1) is 7.24. The molecule has 0 radical (unpaired) electrons. The number of benzene rings is 1. The molecule has 4 nitrogen and oxygen atoms in total. The SMILES string of the molecule is Nc1nsc(NCc2cccc(Cl)c2)n1. The lowest BCUT2D eigenvalue weighted by atomic mass is 10.2. The van der Waals surface area contributed by atoms with Crippen molar-refractivity contribution >= 4 is 34.2 Å². The number of nitrogens with zero attached hydrogens (tertiary/aromatic N) is 2. The van der Waals surface area contributed by atoms with Gasteiger partial charge in [0, 0.05) is 23.1 Å². The van der Waals surface area contributed by atoms with Crippen LogP contribution in [0.4, 0.5) is 11.1 Å². The molecule has 3 N–H and O–H groups in total. The third-order valence-corrected chi connectivity index (χ3v) is 2.70. The van der Waals surface area contributed by atoms with Gasteiger partial charge in [-0.05, 0) is 17.7 Å². The minimum Gasteiger partial charge on any atom is -0.367 e. The second-order valence-corrected chi connectivity index (χ2v) is 4.13. The van der Waals surface area contributed by atoms with Crippen molar-refractivity contribution in [3.05, 3.63) is 34.9 Å². The van der Waals surface area contributed by atoms with Gasteiger partial charge in [0.2, 0.25) is 11.1 Å². The second kappa shape index (κ2) is 4.46. The Labute approximate surface area is 96.3 Å². The molecule has 0 fully saturated rings. The Balaban J connectivity index is 1.99. The molecule has 0 saturated carbocycles. The van der Waals surface area contributed by atoms with Crippen molar-refractivity contribution in [1.82, 2.24) is 9.36 Å². The van der Waals surface area contributed by atoms with Crippen molar-refractivity contribution in [2.75, 3.05) is 11.1 Å². The molecule has 0 bridgehead atoms. The van der Waals surface area contributed by atoms with E-state index in [2.05, 4.69) is 14.7 Å². The number of rotatable bonds is 3. The van der Waals surface area contributed by atoms with Gasteiger partial charge in [-0.25, -0.2) is 0 Å². The normalized spacial score (nSPS) is 10.2. The molecule has 0 unspecified atom stereocenters. The van der Waals surface area contributed by atoms with Crippen LogP contribution in [0, 0.1) is 0 Å². The molecule has 0 aliphatic carbocycles. The highest BCUT2D eigenvalue weighted by Gasteiger charge is 2.00. The van der Waals surface area contributed by atoms with Crippen LogP contribution in [-0.2, 0) is 6.54 Å². The fraction of sp³-hybridized carbons (Fsp3) is 0.111. The molecular formula is C9H9ClN4S. The van der Waals surface area contributed by atoms with E-state index >= 15 is 0 Å². The molecule has 0 atom stereocenters. The molecule has 1 heterocycles. The molecule has 0 saturated heterocycles. The summed E-state index contributed by atoms with van der Waals surface area (Å²) < 4.78 is 3.87. The van der Waals surface area contributed by atoms with Crippen LogP contribution < -0.4 is 11.1 Å². The molecule has 78 valence electrons. The molecule has 0 aliphatic heterocycles. The highest BCUT2D eigenvalue weighted by molar-refractivity contribution is 7.09. The maximum Gasteiger partial charge on any atom is 0.233 e. The van der Waals surface area contributed by atoms with E-state index in [1.165, 1.54) is 11.5 Å². The molecule has 0 spiro atoms. The van der Waals surface area contributed by atoms with Crippen molar-refractivity contribution in [1.29, 1.82) is 0 Å². The van der Waals surface area contributed by atoms with E-state index in [-0.39, 0.29) is 0 Å². The van der Waals surface area contributed by atoms with E-state index in [0.29, 0.717) is 17.6 Å². The second-order valence-electron chi connectivity index (χ2n) is 2.94. The maximum atomic E-state index is 5.86. The van der Waals surface area contributed by atoms with Crippen LogP contribution >= 0.6 is 23.1 Å². The number of aromatic nitrogens is 2. The average Bonchev–Trinajstić information content (AvgIpc) is 2.62. The van der Waals surface area contributed by atoms with Crippen LogP contribution in [0.15, 0.2) is 24.3 Å². The number of hydrogen-bond donors (Lipinski definition) is 2. The monoisotopic (exact) mass is 240 g/mol. The Bertz CT molecular complexity index is 457. The standard InChI is InChI=1S/C9H9ClN4S/c10-7-3-1-2-6(4-7)5-12-9-13-8(11)14-15-9/h1-4H,5H2,(H3,11,12,13,14). The van der Waals surface area contributed by atoms with E-state index in [0.717, 1.165) is 10.6 Å². The molecule has 1 aromatic carbocycles. The highest BCUT2D eigenvalue weighted by atomic mass is 35.5. The first-order valence-corrected chi connectivity index (χ1v) is 5.47. The topological polar surface area (TPSA) is 63.8 Å². The van der Waals surface area contributed by atoms with Gasteiger partial charge in [-0.15, -0.1) is 0 Å². The van der Waals surface area contributed by atoms with Crippen molar-refractivity contribution in [3.63, 3.8) is 0 Å². The van der Waals surface area contributed by atoms with Gasteiger partial charge in [0.25, 0.3) is 0 Å². The Morgan fingerprint density at radius 1 is 1.47 bits per heavy atom. The van der Waals surface area contributed by atoms with E-state index in [1.54, 1.807) is 0 Å². The summed E-state index contributed by atoms with van der Waals surface area (Å²) >= 11 is 7.10. The third kappa shape index (κ3) is 2.81. The van der Waals surface area contributed by atoms with Gasteiger partial charge in [-0.2, -0.15) is 9.36 Å². The Hall–Kier alpha value is -1.33. The fourth-order valence-electron chi connectivity index (χ4n) is 1.13. The molecule has 15 heavy (non-hydrogen) atoms. The lowest BCUT2D eigenvalue weighted by molar-refractivity contribution is 1.13. The van der Waals surface area contributed by atoms with Crippen LogP contribution in [0.25, 0.3) is 0 Å². The Kier molecular flexibility index (Phi) is 3.03. The largest absolute Gasteiger partial charge is 0.367 e. The summed E-state index contributed by atoms with van der Waals surface area (Å²) in [6.07, 6.45) is 0. The zero-order valence-corrected chi connectivity index (χ0v) is 9.35. The van der Waals surface area contributed by atoms with Crippen LogP contribution in [0.1, 0.15) is 5.56 Å². The summed E-state index contributed by atoms with van der Waals surface area (Å²) in [5.74, 6) is 0.300. The lowest BCUT2D eigenvalue weighted by Gasteiger charge is -2.02. The molecule has 0 aliphatic rings. The van der Waals surface area contributed by atoms with Crippen molar-refractivity contribution in [2.45, 2.75) is 6.54 Å². The van der Waals surface area contributed by atoms with Gasteiger partial charge < -0.3 is 11.1 Å². The number of hydrogen-bond acceptors (Lipinski definition) is 5. The van der Waals surface area contributed by atoms with Gasteiger partial charge in [0.05, 0.1) is 0 Å². The van der Waals surface area contributed by atoms with Gasteiger partial charge >= 0.3 is 0 Å². The number of anilines is 2. The zero-order valence-electron chi connectivity index (χ0n) is 7.77. The molecule has 2 rings (SSSR count). The first kappa shape index (κ1) is 10.2. The molecular weight excluding hydrogens is 232 g/mol. The van der Waals surface area contributed by atoms with Crippen molar-refractivity contribution < 1.29 is 0 Å². The summed E-state index contributed by atoms with van der Waals surface area (Å²) in [7, 11) is 0. The van der Waals surface area contributed by atoms with Crippen LogP contribution in [0.3, 0.4) is 0 Å². The average molecular weight is 241 g/mol. The summed E-state index contributed by atoms with van der Waals surface area (Å²) in [5.41, 5.74) is 6.49. The van der Waals surface area contributed by atoms with E-state index in [1.807, 2.05) is 24.3 Å². The summed E-state index contributed by atoms with van der Waals surface area (Å²) in [6, 6.07) is 7.64. The van der Waals surface area contributed by atoms with Crippen molar-refractivity contribution in [3.8, 4) is 0 Å². The summed E-state index contributed by atoms with van der Waals surface area (Å²) in [5, 5.41) is 4.56. The van der Waals surface area contributed by atoms with Crippen LogP contribution in [0.5, 0.6) is 0 Å². The molecule has 6 heteroatoms. The van der Waals surface area contributed by atoms with Crippen LogP contribution in [-0.4, -0.2) is 9.36 Å². The number of halogens is 1. The number of nitrogen functional groups attached to an aromatic ring is 1. The maximum absolute atomic E-state index is 5.86. The smallest absolute Gasteiger partial charge is 0.233 e. The predicted molar refractivity (Wildman–Crippen MR) is 63.1 cm³/mol. The summed E-state index contributed by atoms with van der Waals surface area (Å²) in [4.78, 5) is 3.99. The van der Waals surface area contributed by atoms with Crippen molar-refractivity contribution in [2.24, 2.45) is 0 Å². The summed E-state index contributed by atoms with van der Waals surface area (Å²) in [6.45, 7) is 0.662. The minimum atomic E-state index is 0.300. The zero-order chi connectivity index (χ0) is 10.7. The number of nitrogens with one attached hydrogen (secondary N) is 1. The Morgan fingerprint density at radius 3 is 3.00 bits per heavy atom. The fourth-order valence-corrected chi connectivity index (χ4v) is 1.84.